The summed E-state index contributed by atoms with van der Waals surface area (Å²) < 4.78 is 0. The van der Waals surface area contributed by atoms with Crippen molar-refractivity contribution in [3.8, 4) is 0 Å². The second kappa shape index (κ2) is 17.4. The van der Waals surface area contributed by atoms with E-state index in [0.717, 1.165) is 0 Å². The average Bonchev–Trinajstić information content (AvgIpc) is 3.42. The second-order valence-electron chi connectivity index (χ2n) is 7.60. The number of amides is 7. The van der Waals surface area contributed by atoms with Gasteiger partial charge in [-0.1, -0.05) is 0 Å². The van der Waals surface area contributed by atoms with Crippen LogP contribution in [-0.4, -0.2) is 114 Å². The van der Waals surface area contributed by atoms with E-state index in [1.54, 1.807) is 0 Å². The fourth-order valence-corrected chi connectivity index (χ4v) is 2.52. The molecule has 1 aromatic rings. The van der Waals surface area contributed by atoms with Gasteiger partial charge in [0.2, 0.25) is 41.4 Å². The lowest BCUT2D eigenvalue weighted by atomic mass is 10.1. The third-order valence-electron chi connectivity index (χ3n) is 4.47. The molecule has 39 heavy (non-hydrogen) atoms. The lowest BCUT2D eigenvalue weighted by Gasteiger charge is -2.14. The fourth-order valence-electron chi connectivity index (χ4n) is 2.52. The number of aliphatic carboxylic acids is 1. The molecule has 0 radical (unpaired) electrons. The van der Waals surface area contributed by atoms with Crippen LogP contribution in [0.3, 0.4) is 0 Å². The number of carbonyl (C=O) groups is 8. The maximum atomic E-state index is 11.9. The highest BCUT2D eigenvalue weighted by Crippen LogP contribution is 1.98. The fraction of sp³-hybridized carbons (Fsp3) is 0.450. The highest BCUT2D eigenvalue weighted by Gasteiger charge is 2.21. The number of carboxylic acids is 1. The van der Waals surface area contributed by atoms with Gasteiger partial charge in [0.25, 0.3) is 0 Å². The molecule has 11 N–H and O–H groups in total. The van der Waals surface area contributed by atoms with Gasteiger partial charge in [-0.2, -0.15) is 0 Å². The van der Waals surface area contributed by atoms with E-state index < -0.39 is 86.1 Å². The van der Waals surface area contributed by atoms with Gasteiger partial charge in [-0.15, -0.1) is 0 Å². The number of imidazole rings is 1. The van der Waals surface area contributed by atoms with Gasteiger partial charge in [-0.3, -0.25) is 33.6 Å². The van der Waals surface area contributed by atoms with Crippen LogP contribution in [0.2, 0.25) is 0 Å². The molecule has 0 fully saturated rings. The molecule has 0 saturated carbocycles. The normalized spacial score (nSPS) is 10.8. The molecule has 19 heteroatoms. The number of aromatic nitrogens is 2. The molecule has 1 heterocycles. The van der Waals surface area contributed by atoms with Crippen molar-refractivity contribution in [3.05, 3.63) is 18.2 Å². The molecule has 1 rings (SSSR count). The summed E-state index contributed by atoms with van der Waals surface area (Å²) in [6.45, 7) is -3.21. The molecule has 1 atom stereocenters. The number of aromatic amines is 1. The van der Waals surface area contributed by atoms with Crippen molar-refractivity contribution in [1.29, 1.82) is 0 Å². The molecule has 19 nitrogen and oxygen atoms in total. The van der Waals surface area contributed by atoms with Crippen molar-refractivity contribution in [3.63, 3.8) is 0 Å². The molecular weight excluding hydrogens is 524 g/mol. The number of nitrogens with zero attached hydrogens (tertiary/aromatic N) is 1. The number of nitrogens with two attached hydrogens (primary N) is 1. The number of rotatable bonds is 17. The Morgan fingerprint density at radius 2 is 1.08 bits per heavy atom. The number of carbonyl (C=O) groups excluding carboxylic acids is 7. The average molecular weight is 555 g/mol. The number of hydrogen-bond donors (Lipinski definition) is 10. The lowest BCUT2D eigenvalue weighted by Crippen LogP contribution is -2.48. The smallest absolute Gasteiger partial charge is 0.326 e. The molecule has 0 aliphatic rings. The molecule has 1 aromatic heterocycles. The minimum atomic E-state index is -1.28. The van der Waals surface area contributed by atoms with Crippen molar-refractivity contribution >= 4 is 47.3 Å². The SMILES string of the molecule is NCC(=O)NCC(=O)NCC(=O)NCC(=O)NCC(=O)NCC(=O)NCC(=O)N[C@@H](Cc1cnc[nH]1)C(=O)O. The molecule has 0 saturated heterocycles. The van der Waals surface area contributed by atoms with Crippen LogP contribution in [-0.2, 0) is 44.8 Å². The third kappa shape index (κ3) is 14.9. The maximum absolute atomic E-state index is 11.9. The van der Waals surface area contributed by atoms with E-state index in [1.165, 1.54) is 12.5 Å². The van der Waals surface area contributed by atoms with Crippen molar-refractivity contribution in [2.24, 2.45) is 5.73 Å². The first kappa shape index (κ1) is 32.0. The van der Waals surface area contributed by atoms with Crippen LogP contribution in [0.15, 0.2) is 12.5 Å². The Kier molecular flexibility index (Phi) is 14.3. The van der Waals surface area contributed by atoms with E-state index >= 15 is 0 Å². The van der Waals surface area contributed by atoms with Crippen molar-refractivity contribution in [2.45, 2.75) is 12.5 Å². The quantitative estimate of drug-likeness (QED) is 0.0863. The van der Waals surface area contributed by atoms with Crippen LogP contribution in [0.25, 0.3) is 0 Å². The van der Waals surface area contributed by atoms with Gasteiger partial charge in [0.1, 0.15) is 6.04 Å². The van der Waals surface area contributed by atoms with E-state index in [2.05, 4.69) is 47.2 Å². The first-order chi connectivity index (χ1) is 18.5. The predicted molar refractivity (Wildman–Crippen MR) is 129 cm³/mol. The Hall–Kier alpha value is -5.07. The zero-order chi connectivity index (χ0) is 29.2. The molecule has 0 aliphatic heterocycles. The van der Waals surface area contributed by atoms with E-state index in [0.29, 0.717) is 5.69 Å². The van der Waals surface area contributed by atoms with Crippen LogP contribution >= 0.6 is 0 Å². The summed E-state index contributed by atoms with van der Waals surface area (Å²) in [6.07, 6.45) is 2.72. The molecule has 0 aliphatic carbocycles. The second-order valence-corrected chi connectivity index (χ2v) is 7.60. The molecule has 0 bridgehead atoms. The maximum Gasteiger partial charge on any atom is 0.326 e. The number of hydrogen-bond acceptors (Lipinski definition) is 10. The molecule has 0 spiro atoms. The van der Waals surface area contributed by atoms with Gasteiger partial charge in [0.05, 0.1) is 52.1 Å². The highest BCUT2D eigenvalue weighted by atomic mass is 16.4. The standard InChI is InChI=1S/C20H30N10O9/c21-2-13(31)23-4-14(32)24-5-15(33)25-6-16(34)26-7-17(35)27-8-18(36)28-9-19(37)30-12(20(38)39)1-11-3-22-10-29-11/h3,10,12H,1-2,4-9,21H2,(H,22,29)(H,23,31)(H,24,32)(H,25,33)(H,26,34)(H,27,35)(H,28,36)(H,30,37)(H,38,39)/t12-/m0/s1. The Bertz CT molecular complexity index is 1040. The first-order valence-electron chi connectivity index (χ1n) is 11.3. The molecular formula is C20H30N10O9. The van der Waals surface area contributed by atoms with E-state index in [1.807, 2.05) is 0 Å². The molecule has 214 valence electrons. The Morgan fingerprint density at radius 1 is 0.692 bits per heavy atom. The van der Waals surface area contributed by atoms with Crippen LogP contribution in [0.1, 0.15) is 5.69 Å². The largest absolute Gasteiger partial charge is 0.480 e. The summed E-state index contributed by atoms with van der Waals surface area (Å²) >= 11 is 0. The van der Waals surface area contributed by atoms with Gasteiger partial charge >= 0.3 is 5.97 Å². The van der Waals surface area contributed by atoms with E-state index in [-0.39, 0.29) is 19.5 Å². The van der Waals surface area contributed by atoms with E-state index in [9.17, 15) is 43.5 Å². The highest BCUT2D eigenvalue weighted by molar-refractivity contribution is 5.92. The summed E-state index contributed by atoms with van der Waals surface area (Å²) in [7, 11) is 0. The summed E-state index contributed by atoms with van der Waals surface area (Å²) in [5.74, 6) is -6.17. The van der Waals surface area contributed by atoms with Crippen LogP contribution in [0.4, 0.5) is 0 Å². The monoisotopic (exact) mass is 554 g/mol. The summed E-state index contributed by atoms with van der Waals surface area (Å²) in [5, 5.41) is 24.7. The summed E-state index contributed by atoms with van der Waals surface area (Å²) in [5.41, 5.74) is 5.55. The van der Waals surface area contributed by atoms with Crippen LogP contribution < -0.4 is 43.0 Å². The molecule has 0 aromatic carbocycles. The topological polar surface area (TPSA) is 296 Å². The van der Waals surface area contributed by atoms with Crippen molar-refractivity contribution in [2.75, 3.05) is 45.8 Å². The van der Waals surface area contributed by atoms with Crippen LogP contribution in [0, 0.1) is 0 Å². The van der Waals surface area contributed by atoms with Gasteiger partial charge < -0.3 is 53.0 Å². The first-order valence-corrected chi connectivity index (χ1v) is 11.3. The minimum Gasteiger partial charge on any atom is -0.480 e. The Labute approximate surface area is 220 Å². The Balaban J connectivity index is 2.18. The van der Waals surface area contributed by atoms with Gasteiger partial charge in [0.15, 0.2) is 0 Å². The number of nitrogens with one attached hydrogen (secondary N) is 8. The number of carboxylic acid groups (broad SMARTS) is 1. The third-order valence-corrected chi connectivity index (χ3v) is 4.47. The van der Waals surface area contributed by atoms with Crippen molar-refractivity contribution in [1.82, 2.24) is 47.2 Å². The summed E-state index contributed by atoms with van der Waals surface area (Å²) in [4.78, 5) is 99.0. The van der Waals surface area contributed by atoms with Crippen LogP contribution in [0.5, 0.6) is 0 Å². The Morgan fingerprint density at radius 3 is 1.41 bits per heavy atom. The van der Waals surface area contributed by atoms with Gasteiger partial charge in [-0.05, 0) is 0 Å². The molecule has 7 amide bonds. The van der Waals surface area contributed by atoms with Crippen molar-refractivity contribution < 1.29 is 43.5 Å². The number of H-pyrrole nitrogens is 1. The van der Waals surface area contributed by atoms with E-state index in [4.69, 9.17) is 5.73 Å². The predicted octanol–water partition coefficient (Wildman–Crippen LogP) is -6.82. The zero-order valence-corrected chi connectivity index (χ0v) is 20.6. The minimum absolute atomic E-state index is 0.0481. The lowest BCUT2D eigenvalue weighted by molar-refractivity contribution is -0.141. The van der Waals surface area contributed by atoms with Gasteiger partial charge in [-0.25, -0.2) is 9.78 Å². The molecule has 0 unspecified atom stereocenters. The van der Waals surface area contributed by atoms with Gasteiger partial charge in [0, 0.05) is 18.3 Å². The zero-order valence-electron chi connectivity index (χ0n) is 20.6. The summed E-state index contributed by atoms with van der Waals surface area (Å²) in [6, 6.07) is -1.25.